The Labute approximate surface area is 121 Å². The predicted octanol–water partition coefficient (Wildman–Crippen LogP) is 0.910. The van der Waals surface area contributed by atoms with Gasteiger partial charge in [0.2, 0.25) is 5.91 Å². The van der Waals surface area contributed by atoms with Gasteiger partial charge >= 0.3 is 0 Å². The van der Waals surface area contributed by atoms with Crippen LogP contribution in [0.15, 0.2) is 18.2 Å². The number of amides is 1. The third kappa shape index (κ3) is 2.79. The molecule has 0 aliphatic carbocycles. The minimum absolute atomic E-state index is 0.0110. The Balaban J connectivity index is 1.63. The molecule has 1 saturated heterocycles. The number of carbonyl (C=O) groups excluding carboxylic acids is 1. The Hall–Kier alpha value is -1.57. The Kier molecular flexibility index (Phi) is 3.90. The third-order valence-electron chi connectivity index (χ3n) is 3.63. The lowest BCUT2D eigenvalue weighted by molar-refractivity contribution is -0.117. The molecule has 0 spiro atoms. The van der Waals surface area contributed by atoms with Crippen LogP contribution in [-0.4, -0.2) is 45.7 Å². The molecule has 0 bridgehead atoms. The highest BCUT2D eigenvalue weighted by molar-refractivity contribution is 7.00. The zero-order valence-electron chi connectivity index (χ0n) is 11.1. The number of nitrogens with zero attached hydrogens (tertiary/aromatic N) is 3. The number of hydrogen-bond donors (Lipinski definition) is 2. The first kappa shape index (κ1) is 13.4. The van der Waals surface area contributed by atoms with Crippen LogP contribution in [0, 0.1) is 5.92 Å². The molecule has 1 amide bonds. The number of carbonyl (C=O) groups is 1. The molecule has 1 aromatic heterocycles. The minimum Gasteiger partial charge on any atom is -0.330 e. The molecule has 2 heterocycles. The molecule has 1 aromatic carbocycles. The average molecular weight is 291 g/mol. The normalized spacial score (nSPS) is 19.6. The van der Waals surface area contributed by atoms with E-state index in [2.05, 4.69) is 19.0 Å². The zero-order chi connectivity index (χ0) is 13.9. The van der Waals surface area contributed by atoms with Gasteiger partial charge in [0.25, 0.3) is 0 Å². The lowest BCUT2D eigenvalue weighted by atomic mass is 10.1. The number of hydrogen-bond acceptors (Lipinski definition) is 6. The maximum absolute atomic E-state index is 12.1. The molecule has 7 heteroatoms. The van der Waals surface area contributed by atoms with E-state index in [1.165, 1.54) is 0 Å². The van der Waals surface area contributed by atoms with Crippen molar-refractivity contribution in [1.82, 2.24) is 13.6 Å². The number of anilines is 1. The third-order valence-corrected chi connectivity index (χ3v) is 4.17. The van der Waals surface area contributed by atoms with Gasteiger partial charge in [-0.1, -0.05) is 6.07 Å². The highest BCUT2D eigenvalue weighted by Gasteiger charge is 2.23. The summed E-state index contributed by atoms with van der Waals surface area (Å²) in [5.41, 5.74) is 7.97. The van der Waals surface area contributed by atoms with E-state index in [9.17, 15) is 4.79 Å². The largest absolute Gasteiger partial charge is 0.330 e. The number of rotatable bonds is 4. The maximum atomic E-state index is 12.1. The quantitative estimate of drug-likeness (QED) is 0.874. The van der Waals surface area contributed by atoms with Gasteiger partial charge in [-0.05, 0) is 37.6 Å². The van der Waals surface area contributed by atoms with E-state index >= 15 is 0 Å². The van der Waals surface area contributed by atoms with E-state index in [-0.39, 0.29) is 5.91 Å². The first-order valence-corrected chi connectivity index (χ1v) is 7.43. The van der Waals surface area contributed by atoms with E-state index in [1.807, 2.05) is 18.2 Å². The van der Waals surface area contributed by atoms with Crippen LogP contribution in [0.4, 0.5) is 5.69 Å². The van der Waals surface area contributed by atoms with Gasteiger partial charge in [0.05, 0.1) is 24.0 Å². The first-order chi connectivity index (χ1) is 9.76. The van der Waals surface area contributed by atoms with Crippen LogP contribution in [0.25, 0.3) is 11.0 Å². The lowest BCUT2D eigenvalue weighted by Gasteiger charge is -2.15. The lowest BCUT2D eigenvalue weighted by Crippen LogP contribution is -2.32. The summed E-state index contributed by atoms with van der Waals surface area (Å²) < 4.78 is 8.38. The smallest absolute Gasteiger partial charge is 0.238 e. The first-order valence-electron chi connectivity index (χ1n) is 6.70. The molecular weight excluding hydrogens is 274 g/mol. The average Bonchev–Trinajstić information content (AvgIpc) is 3.07. The molecule has 2 aromatic rings. The number of nitrogens with one attached hydrogen (secondary N) is 1. The van der Waals surface area contributed by atoms with Gasteiger partial charge in [-0.25, -0.2) is 0 Å². The summed E-state index contributed by atoms with van der Waals surface area (Å²) in [5.74, 6) is 0.511. The molecule has 1 fully saturated rings. The Morgan fingerprint density at radius 1 is 1.50 bits per heavy atom. The summed E-state index contributed by atoms with van der Waals surface area (Å²) >= 11 is 1.15. The fraction of sp³-hybridized carbons (Fsp3) is 0.462. The standard InChI is InChI=1S/C13H17N5OS/c14-6-9-4-5-18(7-9)8-12(19)15-10-2-1-3-11-13(10)17-20-16-11/h1-3,9H,4-8,14H2,(H,15,19). The van der Waals surface area contributed by atoms with E-state index in [1.54, 1.807) is 0 Å². The fourth-order valence-electron chi connectivity index (χ4n) is 2.55. The van der Waals surface area contributed by atoms with E-state index in [0.29, 0.717) is 19.0 Å². The summed E-state index contributed by atoms with van der Waals surface area (Å²) in [7, 11) is 0. The molecule has 1 aliphatic rings. The molecule has 3 N–H and O–H groups in total. The van der Waals surface area contributed by atoms with Gasteiger partial charge in [0.15, 0.2) is 0 Å². The van der Waals surface area contributed by atoms with Crippen molar-refractivity contribution in [3.63, 3.8) is 0 Å². The Morgan fingerprint density at radius 2 is 2.40 bits per heavy atom. The van der Waals surface area contributed by atoms with Crippen molar-refractivity contribution < 1.29 is 4.79 Å². The van der Waals surface area contributed by atoms with Gasteiger partial charge in [-0.3, -0.25) is 9.69 Å². The topological polar surface area (TPSA) is 84.1 Å². The number of aromatic nitrogens is 2. The molecule has 1 atom stereocenters. The molecule has 3 rings (SSSR count). The van der Waals surface area contributed by atoms with Crippen LogP contribution in [0.3, 0.4) is 0 Å². The van der Waals surface area contributed by atoms with Gasteiger partial charge in [0, 0.05) is 6.54 Å². The molecule has 0 radical (unpaired) electrons. The van der Waals surface area contributed by atoms with Crippen molar-refractivity contribution in [3.8, 4) is 0 Å². The summed E-state index contributed by atoms with van der Waals surface area (Å²) in [6.07, 6.45) is 1.08. The molecule has 0 saturated carbocycles. The van der Waals surface area contributed by atoms with Crippen LogP contribution < -0.4 is 11.1 Å². The van der Waals surface area contributed by atoms with E-state index in [0.717, 1.165) is 48.0 Å². The monoisotopic (exact) mass is 291 g/mol. The summed E-state index contributed by atoms with van der Waals surface area (Å²) in [4.78, 5) is 14.2. The van der Waals surface area contributed by atoms with Gasteiger partial charge in [0.1, 0.15) is 11.0 Å². The van der Waals surface area contributed by atoms with Crippen molar-refractivity contribution in [2.75, 3.05) is 31.5 Å². The second kappa shape index (κ2) is 5.82. The maximum Gasteiger partial charge on any atom is 0.238 e. The van der Waals surface area contributed by atoms with E-state index in [4.69, 9.17) is 5.73 Å². The summed E-state index contributed by atoms with van der Waals surface area (Å²) in [6.45, 7) is 2.95. The van der Waals surface area contributed by atoms with E-state index < -0.39 is 0 Å². The fourth-order valence-corrected chi connectivity index (χ4v) is 3.10. The number of likely N-dealkylation sites (tertiary alicyclic amines) is 1. The molecule has 6 nitrogen and oxygen atoms in total. The minimum atomic E-state index is -0.0110. The number of fused-ring (bicyclic) bond motifs is 1. The van der Waals surface area contributed by atoms with Crippen LogP contribution in [0.1, 0.15) is 6.42 Å². The number of nitrogens with two attached hydrogens (primary N) is 1. The van der Waals surface area contributed by atoms with Crippen molar-refractivity contribution in [3.05, 3.63) is 18.2 Å². The Bertz CT molecular complexity index is 614. The van der Waals surface area contributed by atoms with Gasteiger partial charge < -0.3 is 11.1 Å². The van der Waals surface area contributed by atoms with Crippen LogP contribution in [-0.2, 0) is 4.79 Å². The van der Waals surface area contributed by atoms with Crippen molar-refractivity contribution in [2.24, 2.45) is 11.7 Å². The molecule has 1 unspecified atom stereocenters. The SMILES string of the molecule is NCC1CCN(CC(=O)Nc2cccc3nsnc23)C1. The second-order valence-corrected chi connectivity index (χ2v) is 5.64. The van der Waals surface area contributed by atoms with Gasteiger partial charge in [-0.15, -0.1) is 0 Å². The highest BCUT2D eigenvalue weighted by atomic mass is 32.1. The van der Waals surface area contributed by atoms with Gasteiger partial charge in [-0.2, -0.15) is 8.75 Å². The summed E-state index contributed by atoms with van der Waals surface area (Å²) in [5, 5.41) is 2.92. The molecule has 20 heavy (non-hydrogen) atoms. The molecule has 1 aliphatic heterocycles. The second-order valence-electron chi connectivity index (χ2n) is 5.11. The summed E-state index contributed by atoms with van der Waals surface area (Å²) in [6, 6.07) is 5.62. The molecule has 106 valence electrons. The van der Waals surface area contributed by atoms with Crippen molar-refractivity contribution in [1.29, 1.82) is 0 Å². The Morgan fingerprint density at radius 3 is 3.20 bits per heavy atom. The van der Waals surface area contributed by atoms with Crippen molar-refractivity contribution >= 4 is 34.4 Å². The van der Waals surface area contributed by atoms with Crippen LogP contribution in [0.2, 0.25) is 0 Å². The van der Waals surface area contributed by atoms with Crippen LogP contribution >= 0.6 is 11.7 Å². The van der Waals surface area contributed by atoms with Crippen LogP contribution in [0.5, 0.6) is 0 Å². The highest BCUT2D eigenvalue weighted by Crippen LogP contribution is 2.21. The molecular formula is C13H17N5OS. The predicted molar refractivity (Wildman–Crippen MR) is 79.6 cm³/mol. The zero-order valence-corrected chi connectivity index (χ0v) is 11.9. The van der Waals surface area contributed by atoms with Crippen molar-refractivity contribution in [2.45, 2.75) is 6.42 Å². The number of benzene rings is 1.